The lowest BCUT2D eigenvalue weighted by atomic mass is 10.1. The van der Waals surface area contributed by atoms with Crippen molar-refractivity contribution in [1.82, 2.24) is 4.90 Å². The summed E-state index contributed by atoms with van der Waals surface area (Å²) in [6.07, 6.45) is 0. The predicted molar refractivity (Wildman–Crippen MR) is 98.6 cm³/mol. The SMILES string of the molecule is COc1cc(NC(=O)c2cccc([N+](=O)[O-])c2)c(C(=O)N(C)C)cc1OC. The van der Waals surface area contributed by atoms with E-state index in [1.165, 1.54) is 49.5 Å². The molecule has 2 aromatic carbocycles. The van der Waals surface area contributed by atoms with Crippen LogP contribution in [-0.2, 0) is 0 Å². The van der Waals surface area contributed by atoms with Gasteiger partial charge in [-0.25, -0.2) is 0 Å². The van der Waals surface area contributed by atoms with Crippen molar-refractivity contribution in [1.29, 1.82) is 0 Å². The maximum atomic E-state index is 12.6. The van der Waals surface area contributed by atoms with Crippen molar-refractivity contribution in [3.63, 3.8) is 0 Å². The second-order valence-electron chi connectivity index (χ2n) is 5.71. The normalized spacial score (nSPS) is 10.1. The molecule has 9 heteroatoms. The minimum atomic E-state index is -0.598. The topological polar surface area (TPSA) is 111 Å². The number of carbonyl (C=O) groups is 2. The van der Waals surface area contributed by atoms with Crippen LogP contribution >= 0.6 is 0 Å². The summed E-state index contributed by atoms with van der Waals surface area (Å²) in [6, 6.07) is 8.22. The molecule has 9 nitrogen and oxygen atoms in total. The fourth-order valence-electron chi connectivity index (χ4n) is 2.36. The average Bonchev–Trinajstić information content (AvgIpc) is 2.66. The highest BCUT2D eigenvalue weighted by Gasteiger charge is 2.21. The van der Waals surface area contributed by atoms with Gasteiger partial charge in [-0.1, -0.05) is 6.07 Å². The van der Waals surface area contributed by atoms with Gasteiger partial charge in [-0.15, -0.1) is 0 Å². The van der Waals surface area contributed by atoms with Crippen molar-refractivity contribution in [2.75, 3.05) is 33.6 Å². The molecule has 0 heterocycles. The molecule has 0 spiro atoms. The van der Waals surface area contributed by atoms with Crippen molar-refractivity contribution in [3.05, 3.63) is 57.6 Å². The number of hydrogen-bond donors (Lipinski definition) is 1. The maximum absolute atomic E-state index is 12.6. The number of nitro groups is 1. The standard InChI is InChI=1S/C18H19N3O6/c1-20(2)18(23)13-9-15(26-3)16(27-4)10-14(13)19-17(22)11-6-5-7-12(8-11)21(24)25/h5-10H,1-4H3,(H,19,22). The summed E-state index contributed by atoms with van der Waals surface area (Å²) in [4.78, 5) is 36.7. The molecule has 0 atom stereocenters. The van der Waals surface area contributed by atoms with E-state index in [4.69, 9.17) is 9.47 Å². The molecule has 142 valence electrons. The van der Waals surface area contributed by atoms with E-state index in [1.807, 2.05) is 0 Å². The Morgan fingerprint density at radius 2 is 1.70 bits per heavy atom. The number of nitrogens with zero attached hydrogens (tertiary/aromatic N) is 2. The molecule has 0 aliphatic heterocycles. The van der Waals surface area contributed by atoms with Crippen LogP contribution in [0.25, 0.3) is 0 Å². The number of amides is 2. The summed E-state index contributed by atoms with van der Waals surface area (Å²) >= 11 is 0. The quantitative estimate of drug-likeness (QED) is 0.615. The predicted octanol–water partition coefficient (Wildman–Crippen LogP) is 2.57. The Bertz CT molecular complexity index is 895. The largest absolute Gasteiger partial charge is 0.493 e. The van der Waals surface area contributed by atoms with Gasteiger partial charge in [0.05, 0.1) is 30.4 Å². The molecule has 2 aromatic rings. The molecule has 0 radical (unpaired) electrons. The first-order valence-corrected chi connectivity index (χ1v) is 7.82. The minimum absolute atomic E-state index is 0.0854. The molecule has 2 amide bonds. The zero-order valence-corrected chi connectivity index (χ0v) is 15.3. The third kappa shape index (κ3) is 4.32. The number of methoxy groups -OCH3 is 2. The van der Waals surface area contributed by atoms with E-state index in [0.29, 0.717) is 11.5 Å². The number of nitrogens with one attached hydrogen (secondary N) is 1. The van der Waals surface area contributed by atoms with Crippen molar-refractivity contribution in [3.8, 4) is 11.5 Å². The first-order chi connectivity index (χ1) is 12.8. The zero-order valence-electron chi connectivity index (χ0n) is 15.3. The number of rotatable bonds is 6. The first-order valence-electron chi connectivity index (χ1n) is 7.82. The van der Waals surface area contributed by atoms with Crippen molar-refractivity contribution >= 4 is 23.2 Å². The van der Waals surface area contributed by atoms with E-state index in [9.17, 15) is 19.7 Å². The number of ether oxygens (including phenoxy) is 2. The zero-order chi connectivity index (χ0) is 20.1. The van der Waals surface area contributed by atoms with Gasteiger partial charge in [-0.2, -0.15) is 0 Å². The molecule has 2 rings (SSSR count). The van der Waals surface area contributed by atoms with Gasteiger partial charge in [0.25, 0.3) is 17.5 Å². The summed E-state index contributed by atoms with van der Waals surface area (Å²) in [6.45, 7) is 0. The Balaban J connectivity index is 2.47. The van der Waals surface area contributed by atoms with Crippen LogP contribution in [0.15, 0.2) is 36.4 Å². The maximum Gasteiger partial charge on any atom is 0.270 e. The molecule has 0 saturated carbocycles. The van der Waals surface area contributed by atoms with Crippen LogP contribution in [-0.4, -0.2) is 50.0 Å². The molecular formula is C18H19N3O6. The minimum Gasteiger partial charge on any atom is -0.493 e. The van der Waals surface area contributed by atoms with Gasteiger partial charge in [0.1, 0.15) is 0 Å². The van der Waals surface area contributed by atoms with Crippen LogP contribution in [0.4, 0.5) is 11.4 Å². The molecule has 1 N–H and O–H groups in total. The fourth-order valence-corrected chi connectivity index (χ4v) is 2.36. The highest BCUT2D eigenvalue weighted by molar-refractivity contribution is 6.09. The Morgan fingerprint density at radius 1 is 1.07 bits per heavy atom. The van der Waals surface area contributed by atoms with Gasteiger partial charge in [0, 0.05) is 37.9 Å². The lowest BCUT2D eigenvalue weighted by Crippen LogP contribution is -2.24. The molecule has 0 bridgehead atoms. The van der Waals surface area contributed by atoms with Crippen LogP contribution in [0.3, 0.4) is 0 Å². The number of carbonyl (C=O) groups excluding carboxylic acids is 2. The monoisotopic (exact) mass is 373 g/mol. The van der Waals surface area contributed by atoms with Crippen molar-refractivity contribution < 1.29 is 24.0 Å². The number of anilines is 1. The lowest BCUT2D eigenvalue weighted by Gasteiger charge is -2.18. The summed E-state index contributed by atoms with van der Waals surface area (Å²) < 4.78 is 10.4. The summed E-state index contributed by atoms with van der Waals surface area (Å²) in [5.41, 5.74) is 0.265. The number of nitro benzene ring substituents is 1. The van der Waals surface area contributed by atoms with Crippen molar-refractivity contribution in [2.45, 2.75) is 0 Å². The smallest absolute Gasteiger partial charge is 0.270 e. The molecule has 27 heavy (non-hydrogen) atoms. The highest BCUT2D eigenvalue weighted by atomic mass is 16.6. The van der Waals surface area contributed by atoms with Crippen LogP contribution in [0, 0.1) is 10.1 Å². The van der Waals surface area contributed by atoms with Gasteiger partial charge in [-0.3, -0.25) is 19.7 Å². The fraction of sp³-hybridized carbons (Fsp3) is 0.222. The molecule has 0 aromatic heterocycles. The van der Waals surface area contributed by atoms with E-state index in [0.717, 1.165) is 6.07 Å². The van der Waals surface area contributed by atoms with Gasteiger partial charge in [0.15, 0.2) is 11.5 Å². The van der Waals surface area contributed by atoms with Crippen LogP contribution in [0.5, 0.6) is 11.5 Å². The lowest BCUT2D eigenvalue weighted by molar-refractivity contribution is -0.384. The Hall–Kier alpha value is -3.62. The first kappa shape index (κ1) is 19.7. The van der Waals surface area contributed by atoms with Crippen LogP contribution < -0.4 is 14.8 Å². The molecule has 0 unspecified atom stereocenters. The van der Waals surface area contributed by atoms with E-state index in [1.54, 1.807) is 14.1 Å². The number of non-ortho nitro benzene ring substituents is 1. The summed E-state index contributed by atoms with van der Waals surface area (Å²) in [5.74, 6) is -0.304. The van der Waals surface area contributed by atoms with Gasteiger partial charge in [-0.05, 0) is 12.1 Å². The van der Waals surface area contributed by atoms with E-state index in [2.05, 4.69) is 5.32 Å². The van der Waals surface area contributed by atoms with Gasteiger partial charge < -0.3 is 19.7 Å². The molecular weight excluding hydrogens is 354 g/mol. The Kier molecular flexibility index (Phi) is 5.96. The van der Waals surface area contributed by atoms with E-state index < -0.39 is 10.8 Å². The number of benzene rings is 2. The molecule has 0 aliphatic carbocycles. The van der Waals surface area contributed by atoms with Crippen LogP contribution in [0.2, 0.25) is 0 Å². The Morgan fingerprint density at radius 3 is 2.26 bits per heavy atom. The van der Waals surface area contributed by atoms with E-state index >= 15 is 0 Å². The third-order valence-electron chi connectivity index (χ3n) is 3.73. The van der Waals surface area contributed by atoms with E-state index in [-0.39, 0.29) is 28.4 Å². The van der Waals surface area contributed by atoms with Crippen LogP contribution in [0.1, 0.15) is 20.7 Å². The highest BCUT2D eigenvalue weighted by Crippen LogP contribution is 2.34. The average molecular weight is 373 g/mol. The molecule has 0 aliphatic rings. The Labute approximate surface area is 155 Å². The summed E-state index contributed by atoms with van der Waals surface area (Å²) in [5, 5.41) is 13.5. The number of hydrogen-bond acceptors (Lipinski definition) is 6. The van der Waals surface area contributed by atoms with Crippen molar-refractivity contribution in [2.24, 2.45) is 0 Å². The van der Waals surface area contributed by atoms with Gasteiger partial charge in [0.2, 0.25) is 0 Å². The third-order valence-corrected chi connectivity index (χ3v) is 3.73. The van der Waals surface area contributed by atoms with Gasteiger partial charge >= 0.3 is 0 Å². The summed E-state index contributed by atoms with van der Waals surface area (Å²) in [7, 11) is 6.01. The molecule has 0 fully saturated rings. The molecule has 0 saturated heterocycles. The second-order valence-corrected chi connectivity index (χ2v) is 5.71. The second kappa shape index (κ2) is 8.17.